The lowest BCUT2D eigenvalue weighted by Gasteiger charge is -1.92. The van der Waals surface area contributed by atoms with Gasteiger partial charge in [-0.15, -0.1) is 0 Å². The van der Waals surface area contributed by atoms with E-state index in [-0.39, 0.29) is 0 Å². The van der Waals surface area contributed by atoms with Crippen molar-refractivity contribution in [1.82, 2.24) is 0 Å². The molecule has 0 atom stereocenters. The highest BCUT2D eigenvalue weighted by molar-refractivity contribution is 9.10. The minimum atomic E-state index is -0.409. The second kappa shape index (κ2) is 5.51. The molecule has 0 N–H and O–H groups in total. The second-order valence-electron chi connectivity index (χ2n) is 3.43. The molecule has 1 heterocycles. The molecule has 2 rings (SSSR count). The van der Waals surface area contributed by atoms with E-state index in [4.69, 9.17) is 4.42 Å². The van der Waals surface area contributed by atoms with Crippen LogP contribution in [0.3, 0.4) is 0 Å². The summed E-state index contributed by atoms with van der Waals surface area (Å²) in [5.41, 5.74) is 1.09. The van der Waals surface area contributed by atoms with E-state index in [1.165, 1.54) is 6.26 Å². The van der Waals surface area contributed by atoms with Gasteiger partial charge in [0.25, 0.3) is 0 Å². The molecule has 0 spiro atoms. The summed E-state index contributed by atoms with van der Waals surface area (Å²) in [5.74, 6) is 5.77. The molecule has 1 aromatic carbocycles. The van der Waals surface area contributed by atoms with Gasteiger partial charge in [-0.25, -0.2) is 4.79 Å². The van der Waals surface area contributed by atoms with Crippen LogP contribution in [0.4, 0.5) is 0 Å². The molecule has 0 bridgehead atoms. The maximum Gasteiger partial charge on any atom is 0.351 e. The molecule has 0 saturated carbocycles. The molecule has 0 unspecified atom stereocenters. The van der Waals surface area contributed by atoms with E-state index in [1.54, 1.807) is 6.07 Å². The third-order valence-electron chi connectivity index (χ3n) is 2.14. The number of hydrogen-bond acceptors (Lipinski definition) is 2. The van der Waals surface area contributed by atoms with Crippen molar-refractivity contribution in [3.05, 3.63) is 68.7 Å². The van der Waals surface area contributed by atoms with Crippen LogP contribution in [0, 0.1) is 11.8 Å². The molecular weight excluding hydrogens is 280 g/mol. The van der Waals surface area contributed by atoms with Gasteiger partial charge in [0, 0.05) is 6.42 Å². The predicted octanol–water partition coefficient (Wildman–Crippen LogP) is 3.00. The fourth-order valence-electron chi connectivity index (χ4n) is 1.33. The van der Waals surface area contributed by atoms with Crippen molar-refractivity contribution in [3.63, 3.8) is 0 Å². The maximum absolute atomic E-state index is 11.3. The Hall–Kier alpha value is -1.79. The standard InChI is InChI=1S/C14H9BrO2/c15-13-9-12(14(16)17-10-13)8-4-7-11-5-2-1-3-6-11/h1-3,5-6,9-10H,7H2. The number of hydrogen-bond donors (Lipinski definition) is 0. The first kappa shape index (κ1) is 11.7. The summed E-state index contributed by atoms with van der Waals surface area (Å²) >= 11 is 3.23. The zero-order chi connectivity index (χ0) is 12.1. The molecule has 2 nitrogen and oxygen atoms in total. The Kier molecular flexibility index (Phi) is 3.79. The molecule has 0 radical (unpaired) electrons. The zero-order valence-corrected chi connectivity index (χ0v) is 10.5. The molecule has 0 aliphatic carbocycles. The Bertz CT molecular complexity index is 618. The van der Waals surface area contributed by atoms with Gasteiger partial charge in [0.05, 0.1) is 4.47 Å². The van der Waals surface area contributed by atoms with Crippen LogP contribution in [0.2, 0.25) is 0 Å². The van der Waals surface area contributed by atoms with Crippen LogP contribution < -0.4 is 5.63 Å². The Balaban J connectivity index is 2.17. The average molecular weight is 289 g/mol. The largest absolute Gasteiger partial charge is 0.429 e. The Morgan fingerprint density at radius 1 is 1.24 bits per heavy atom. The third kappa shape index (κ3) is 3.33. The first-order valence-corrected chi connectivity index (χ1v) is 5.86. The molecular formula is C14H9BrO2. The van der Waals surface area contributed by atoms with Gasteiger partial charge in [-0.05, 0) is 27.6 Å². The van der Waals surface area contributed by atoms with E-state index in [0.717, 1.165) is 5.56 Å². The summed E-state index contributed by atoms with van der Waals surface area (Å²) in [5, 5.41) is 0. The van der Waals surface area contributed by atoms with Crippen molar-refractivity contribution in [1.29, 1.82) is 0 Å². The van der Waals surface area contributed by atoms with Crippen LogP contribution in [-0.2, 0) is 6.42 Å². The minimum absolute atomic E-state index is 0.371. The summed E-state index contributed by atoms with van der Waals surface area (Å²) in [6.07, 6.45) is 1.97. The maximum atomic E-state index is 11.3. The van der Waals surface area contributed by atoms with E-state index in [1.807, 2.05) is 30.3 Å². The molecule has 2 aromatic rings. The SMILES string of the molecule is O=c1occ(Br)cc1C#CCc1ccccc1. The molecule has 17 heavy (non-hydrogen) atoms. The summed E-state index contributed by atoms with van der Waals surface area (Å²) in [4.78, 5) is 11.3. The topological polar surface area (TPSA) is 30.2 Å². The fourth-order valence-corrected chi connectivity index (χ4v) is 1.65. The Labute approximate surface area is 107 Å². The molecule has 3 heteroatoms. The normalized spacial score (nSPS) is 9.47. The van der Waals surface area contributed by atoms with Gasteiger partial charge in [0.1, 0.15) is 11.8 Å². The summed E-state index contributed by atoms with van der Waals surface area (Å²) in [7, 11) is 0. The second-order valence-corrected chi connectivity index (χ2v) is 4.35. The molecule has 84 valence electrons. The van der Waals surface area contributed by atoms with E-state index in [0.29, 0.717) is 16.5 Å². The lowest BCUT2D eigenvalue weighted by molar-refractivity contribution is 0.505. The summed E-state index contributed by atoms with van der Waals surface area (Å²) in [6.45, 7) is 0. The smallest absolute Gasteiger partial charge is 0.351 e. The van der Waals surface area contributed by atoms with Gasteiger partial charge < -0.3 is 4.42 Å². The highest BCUT2D eigenvalue weighted by Crippen LogP contribution is 2.07. The van der Waals surface area contributed by atoms with Gasteiger partial charge in [-0.3, -0.25) is 0 Å². The van der Waals surface area contributed by atoms with Crippen molar-refractivity contribution in [2.24, 2.45) is 0 Å². The van der Waals surface area contributed by atoms with Crippen molar-refractivity contribution < 1.29 is 4.42 Å². The Morgan fingerprint density at radius 3 is 2.76 bits per heavy atom. The quantitative estimate of drug-likeness (QED) is 0.755. The highest BCUT2D eigenvalue weighted by atomic mass is 79.9. The van der Waals surface area contributed by atoms with Crippen LogP contribution in [0.5, 0.6) is 0 Å². The highest BCUT2D eigenvalue weighted by Gasteiger charge is 1.97. The van der Waals surface area contributed by atoms with Crippen molar-refractivity contribution in [3.8, 4) is 11.8 Å². The third-order valence-corrected chi connectivity index (χ3v) is 2.55. The monoisotopic (exact) mass is 288 g/mol. The van der Waals surface area contributed by atoms with Crippen molar-refractivity contribution >= 4 is 15.9 Å². The number of halogens is 1. The fraction of sp³-hybridized carbons (Fsp3) is 0.0714. The van der Waals surface area contributed by atoms with Crippen LogP contribution in [-0.4, -0.2) is 0 Å². The molecule has 0 aliphatic rings. The summed E-state index contributed by atoms with van der Waals surface area (Å²) < 4.78 is 5.50. The number of rotatable bonds is 1. The lowest BCUT2D eigenvalue weighted by atomic mass is 10.1. The van der Waals surface area contributed by atoms with E-state index in [9.17, 15) is 4.79 Å². The van der Waals surface area contributed by atoms with E-state index >= 15 is 0 Å². The van der Waals surface area contributed by atoms with Gasteiger partial charge in [-0.1, -0.05) is 42.2 Å². The molecule has 0 fully saturated rings. The number of benzene rings is 1. The van der Waals surface area contributed by atoms with Gasteiger partial charge in [0.2, 0.25) is 0 Å². The minimum Gasteiger partial charge on any atom is -0.429 e. The van der Waals surface area contributed by atoms with Gasteiger partial charge in [-0.2, -0.15) is 0 Å². The first-order valence-electron chi connectivity index (χ1n) is 5.07. The average Bonchev–Trinajstić information content (AvgIpc) is 2.35. The Morgan fingerprint density at radius 2 is 2.00 bits per heavy atom. The van der Waals surface area contributed by atoms with Gasteiger partial charge in [0.15, 0.2) is 0 Å². The summed E-state index contributed by atoms with van der Waals surface area (Å²) in [6, 6.07) is 11.5. The van der Waals surface area contributed by atoms with E-state index < -0.39 is 5.63 Å². The molecule has 0 amide bonds. The molecule has 1 aromatic heterocycles. The van der Waals surface area contributed by atoms with E-state index in [2.05, 4.69) is 27.8 Å². The predicted molar refractivity (Wildman–Crippen MR) is 69.7 cm³/mol. The van der Waals surface area contributed by atoms with Crippen LogP contribution in [0.15, 0.2) is 56.3 Å². The lowest BCUT2D eigenvalue weighted by Crippen LogP contribution is -2.02. The molecule has 0 aliphatic heterocycles. The van der Waals surface area contributed by atoms with Crippen molar-refractivity contribution in [2.75, 3.05) is 0 Å². The first-order chi connectivity index (χ1) is 8.25. The van der Waals surface area contributed by atoms with Crippen LogP contribution in [0.1, 0.15) is 11.1 Å². The van der Waals surface area contributed by atoms with Crippen LogP contribution in [0.25, 0.3) is 0 Å². The zero-order valence-electron chi connectivity index (χ0n) is 8.94. The van der Waals surface area contributed by atoms with Crippen LogP contribution >= 0.6 is 15.9 Å². The van der Waals surface area contributed by atoms with Gasteiger partial charge >= 0.3 is 5.63 Å². The molecule has 0 saturated heterocycles. The van der Waals surface area contributed by atoms with Crippen molar-refractivity contribution in [2.45, 2.75) is 6.42 Å².